The molecule has 2 aliphatic rings. The van der Waals surface area contributed by atoms with E-state index >= 15 is 4.39 Å². The molecule has 1 saturated carbocycles. The van der Waals surface area contributed by atoms with Crippen LogP contribution >= 0.6 is 11.8 Å². The van der Waals surface area contributed by atoms with Crippen LogP contribution < -0.4 is 19.8 Å². The molecule has 0 bridgehead atoms. The number of methoxy groups -OCH3 is 2. The first-order valence-electron chi connectivity index (χ1n) is 14.7. The van der Waals surface area contributed by atoms with Gasteiger partial charge in [-0.2, -0.15) is 0 Å². The number of carbonyl (C=O) groups excluding carboxylic acids is 1. The largest absolute Gasteiger partial charge is 0.493 e. The van der Waals surface area contributed by atoms with E-state index in [0.29, 0.717) is 66.4 Å². The maximum atomic E-state index is 15.4. The first kappa shape index (κ1) is 30.4. The highest BCUT2D eigenvalue weighted by Crippen LogP contribution is 2.38. The summed E-state index contributed by atoms with van der Waals surface area (Å²) in [6, 6.07) is 8.40. The molecule has 1 N–H and O–H groups in total. The monoisotopic (exact) mass is 636 g/mol. The molecule has 2 aromatic heterocycles. The summed E-state index contributed by atoms with van der Waals surface area (Å²) in [5, 5.41) is 18.9. The first-order valence-corrected chi connectivity index (χ1v) is 15.6. The molecule has 0 radical (unpaired) electrons. The Labute approximate surface area is 262 Å². The van der Waals surface area contributed by atoms with Crippen LogP contribution in [0.4, 0.5) is 10.1 Å². The Bertz CT molecular complexity index is 1850. The summed E-state index contributed by atoms with van der Waals surface area (Å²) in [4.78, 5) is 41.2. The van der Waals surface area contributed by atoms with Gasteiger partial charge in [0.2, 0.25) is 11.3 Å². The molecule has 12 nitrogen and oxygen atoms in total. The van der Waals surface area contributed by atoms with E-state index in [0.717, 1.165) is 24.5 Å². The lowest BCUT2D eigenvalue weighted by molar-refractivity contribution is -0.128. The summed E-state index contributed by atoms with van der Waals surface area (Å²) in [5.74, 6) is 0.0506. The number of carbonyl (C=O) groups is 2. The van der Waals surface area contributed by atoms with Gasteiger partial charge in [0, 0.05) is 55.9 Å². The topological polar surface area (TPSA) is 132 Å². The van der Waals surface area contributed by atoms with E-state index in [4.69, 9.17) is 9.47 Å². The second-order valence-electron chi connectivity index (χ2n) is 10.9. The third kappa shape index (κ3) is 5.81. The maximum Gasteiger partial charge on any atom is 0.341 e. The highest BCUT2D eigenvalue weighted by atomic mass is 32.2. The molecule has 1 aliphatic heterocycles. The number of nitrogens with zero attached hydrogens (tertiary/aromatic N) is 6. The fourth-order valence-electron chi connectivity index (χ4n) is 5.69. The maximum absolute atomic E-state index is 15.4. The summed E-state index contributed by atoms with van der Waals surface area (Å²) in [5.41, 5.74) is 0.614. The van der Waals surface area contributed by atoms with E-state index in [-0.39, 0.29) is 28.7 Å². The quantitative estimate of drug-likeness (QED) is 0.256. The molecule has 1 aliphatic carbocycles. The number of hydrogen-bond donors (Lipinski definition) is 1. The number of amides is 1. The lowest BCUT2D eigenvalue weighted by atomic mass is 10.1. The Kier molecular flexibility index (Phi) is 8.40. The molecule has 1 amide bonds. The van der Waals surface area contributed by atoms with E-state index in [2.05, 4.69) is 10.2 Å². The molecule has 45 heavy (non-hydrogen) atoms. The lowest BCUT2D eigenvalue weighted by Gasteiger charge is -2.36. The molecule has 0 unspecified atom stereocenters. The molecule has 1 saturated heterocycles. The molecular weight excluding hydrogens is 603 g/mol. The van der Waals surface area contributed by atoms with Crippen LogP contribution in [0.15, 0.2) is 46.5 Å². The Morgan fingerprint density at radius 3 is 2.42 bits per heavy atom. The minimum Gasteiger partial charge on any atom is -0.493 e. The fourth-order valence-corrected chi connectivity index (χ4v) is 6.60. The van der Waals surface area contributed by atoms with Gasteiger partial charge in [0.25, 0.3) is 0 Å². The van der Waals surface area contributed by atoms with E-state index in [1.165, 1.54) is 18.0 Å². The predicted molar refractivity (Wildman–Crippen MR) is 167 cm³/mol. The van der Waals surface area contributed by atoms with Crippen LogP contribution in [0.2, 0.25) is 0 Å². The van der Waals surface area contributed by atoms with Crippen molar-refractivity contribution in [3.63, 3.8) is 0 Å². The normalized spacial score (nSPS) is 15.0. The summed E-state index contributed by atoms with van der Waals surface area (Å²) < 4.78 is 29.8. The predicted octanol–water partition coefficient (Wildman–Crippen LogP) is 3.91. The Balaban J connectivity index is 1.13. The fraction of sp³-hybridized carbons (Fsp3) is 0.387. The lowest BCUT2D eigenvalue weighted by Crippen LogP contribution is -2.49. The molecular formula is C31H33FN6O6S. The highest BCUT2D eigenvalue weighted by Gasteiger charge is 2.29. The van der Waals surface area contributed by atoms with Gasteiger partial charge in [-0.1, -0.05) is 11.8 Å². The summed E-state index contributed by atoms with van der Waals surface area (Å²) >= 11 is 1.32. The van der Waals surface area contributed by atoms with Crippen molar-refractivity contribution in [1.82, 2.24) is 24.2 Å². The smallest absolute Gasteiger partial charge is 0.341 e. The second-order valence-corrected chi connectivity index (χ2v) is 11.9. The third-order valence-corrected chi connectivity index (χ3v) is 9.20. The minimum atomic E-state index is -1.33. The zero-order valence-corrected chi connectivity index (χ0v) is 26.0. The number of thioether (sulfide) groups is 1. The number of carboxylic acids is 1. The second kappa shape index (κ2) is 12.4. The van der Waals surface area contributed by atoms with Crippen molar-refractivity contribution in [3.8, 4) is 22.9 Å². The van der Waals surface area contributed by atoms with Crippen LogP contribution in [-0.4, -0.2) is 87.4 Å². The third-order valence-electron chi connectivity index (χ3n) is 8.24. The molecule has 4 aromatic rings. The number of aromatic nitrogens is 4. The molecule has 0 atom stereocenters. The van der Waals surface area contributed by atoms with Crippen molar-refractivity contribution in [2.45, 2.75) is 37.5 Å². The molecule has 6 rings (SSSR count). The number of anilines is 1. The van der Waals surface area contributed by atoms with Crippen molar-refractivity contribution >= 4 is 40.2 Å². The van der Waals surface area contributed by atoms with Gasteiger partial charge in [0.05, 0.1) is 31.2 Å². The molecule has 2 fully saturated rings. The number of piperazine rings is 1. The van der Waals surface area contributed by atoms with Crippen molar-refractivity contribution in [3.05, 3.63) is 58.1 Å². The van der Waals surface area contributed by atoms with Crippen LogP contribution in [0.3, 0.4) is 0 Å². The van der Waals surface area contributed by atoms with E-state index in [1.807, 2.05) is 34.6 Å². The molecule has 3 heterocycles. The number of carboxylic acid groups (broad SMARTS) is 1. The summed E-state index contributed by atoms with van der Waals surface area (Å²) in [7, 11) is 3.15. The molecule has 2 aromatic carbocycles. The number of benzene rings is 2. The van der Waals surface area contributed by atoms with Gasteiger partial charge in [-0.25, -0.2) is 9.18 Å². The van der Waals surface area contributed by atoms with Crippen molar-refractivity contribution < 1.29 is 28.6 Å². The Morgan fingerprint density at radius 1 is 1.04 bits per heavy atom. The number of halogens is 1. The van der Waals surface area contributed by atoms with E-state index in [1.54, 1.807) is 29.8 Å². The number of pyridine rings is 1. The van der Waals surface area contributed by atoms with Crippen LogP contribution in [0, 0.1) is 5.82 Å². The van der Waals surface area contributed by atoms with Crippen molar-refractivity contribution in [1.29, 1.82) is 0 Å². The molecule has 14 heteroatoms. The SMILES string of the molecule is CCn1c(SCC(=O)N2CCN(c3cc4c(cc3F)c(=O)c(C(=O)O)cn4C3CC3)CC2)nnc1-c1ccc(OC)c(OC)c1. The summed E-state index contributed by atoms with van der Waals surface area (Å²) in [6.07, 6.45) is 3.11. The van der Waals surface area contributed by atoms with Crippen molar-refractivity contribution in [2.75, 3.05) is 51.1 Å². The average molecular weight is 637 g/mol. The zero-order chi connectivity index (χ0) is 31.8. The Hall–Kier alpha value is -4.59. The van der Waals surface area contributed by atoms with E-state index in [9.17, 15) is 19.5 Å². The van der Waals surface area contributed by atoms with E-state index < -0.39 is 17.2 Å². The van der Waals surface area contributed by atoms with Gasteiger partial charge < -0.3 is 33.5 Å². The highest BCUT2D eigenvalue weighted by molar-refractivity contribution is 7.99. The number of rotatable bonds is 10. The number of ether oxygens (including phenoxy) is 2. The standard InChI is InChI=1S/C31H33FN6O6S/c1-4-37-29(18-5-8-25(43-2)26(13-18)44-3)33-34-31(37)45-17-27(39)36-11-9-35(10-12-36)24-15-23-20(14-22(24)32)28(40)21(30(41)42)16-38(23)19-6-7-19/h5,8,13-16,19H,4,6-7,9-12,17H2,1-3H3,(H,41,42). The minimum absolute atomic E-state index is 0.0549. The van der Waals surface area contributed by atoms with Gasteiger partial charge >= 0.3 is 5.97 Å². The van der Waals surface area contributed by atoms with Crippen LogP contribution in [-0.2, 0) is 11.3 Å². The number of aromatic carboxylic acids is 1. The van der Waals surface area contributed by atoms with Gasteiger partial charge in [0.1, 0.15) is 11.4 Å². The zero-order valence-electron chi connectivity index (χ0n) is 25.2. The van der Waals surface area contributed by atoms with Crippen molar-refractivity contribution in [2.24, 2.45) is 0 Å². The number of fused-ring (bicyclic) bond motifs is 1. The first-order chi connectivity index (χ1) is 21.7. The average Bonchev–Trinajstić information content (AvgIpc) is 3.82. The molecule has 236 valence electrons. The van der Waals surface area contributed by atoms with Crippen LogP contribution in [0.5, 0.6) is 11.5 Å². The summed E-state index contributed by atoms with van der Waals surface area (Å²) in [6.45, 7) is 4.22. The van der Waals surface area contributed by atoms with Gasteiger partial charge in [0.15, 0.2) is 22.5 Å². The van der Waals surface area contributed by atoms with Crippen LogP contribution in [0.25, 0.3) is 22.3 Å². The van der Waals surface area contributed by atoms with Gasteiger partial charge in [-0.15, -0.1) is 10.2 Å². The van der Waals surface area contributed by atoms with Gasteiger partial charge in [-0.05, 0) is 50.1 Å². The Morgan fingerprint density at radius 2 is 1.78 bits per heavy atom. The number of hydrogen-bond acceptors (Lipinski definition) is 9. The molecule has 0 spiro atoms. The van der Waals surface area contributed by atoms with Crippen LogP contribution in [0.1, 0.15) is 36.2 Å². The van der Waals surface area contributed by atoms with Gasteiger partial charge in [-0.3, -0.25) is 9.59 Å².